The van der Waals surface area contributed by atoms with Crippen LogP contribution in [0.5, 0.6) is 0 Å². The molecule has 3 nitrogen and oxygen atoms in total. The second-order valence-electron chi connectivity index (χ2n) is 1.94. The lowest BCUT2D eigenvalue weighted by molar-refractivity contribution is -0.123. The largest absolute Gasteiger partial charge is 0.382 e. The van der Waals surface area contributed by atoms with E-state index >= 15 is 0 Å². The van der Waals surface area contributed by atoms with Gasteiger partial charge in [0.15, 0.2) is 5.78 Å². The van der Waals surface area contributed by atoms with Gasteiger partial charge in [-0.3, -0.25) is 4.79 Å². The average Bonchev–Trinajstić information content (AvgIpc) is 1.98. The van der Waals surface area contributed by atoms with Crippen LogP contribution in [0.4, 0.5) is 0 Å². The van der Waals surface area contributed by atoms with E-state index in [-0.39, 0.29) is 12.4 Å². The summed E-state index contributed by atoms with van der Waals surface area (Å²) in [5, 5.41) is 0. The van der Waals surface area contributed by atoms with Crippen LogP contribution in [0.3, 0.4) is 0 Å². The van der Waals surface area contributed by atoms with Crippen LogP contribution in [0.1, 0.15) is 13.3 Å². The summed E-state index contributed by atoms with van der Waals surface area (Å²) in [5.41, 5.74) is 0. The second-order valence-corrected chi connectivity index (χ2v) is 1.94. The molecule has 0 saturated heterocycles. The van der Waals surface area contributed by atoms with Crippen LogP contribution in [0, 0.1) is 0 Å². The van der Waals surface area contributed by atoms with Crippen LogP contribution in [0.25, 0.3) is 0 Å². The Morgan fingerprint density at radius 3 is 2.60 bits per heavy atom. The van der Waals surface area contributed by atoms with Crippen molar-refractivity contribution >= 4 is 5.78 Å². The van der Waals surface area contributed by atoms with E-state index in [0.717, 1.165) is 0 Å². The number of methoxy groups -OCH3 is 1. The molecule has 0 fully saturated rings. The Morgan fingerprint density at radius 2 is 2.10 bits per heavy atom. The molecule has 0 saturated carbocycles. The van der Waals surface area contributed by atoms with Crippen LogP contribution >= 0.6 is 0 Å². The fourth-order valence-electron chi connectivity index (χ4n) is 0.430. The fraction of sp³-hybridized carbons (Fsp3) is 0.857. The molecular formula is C7H14O3. The molecule has 0 bridgehead atoms. The van der Waals surface area contributed by atoms with Gasteiger partial charge in [0.25, 0.3) is 0 Å². The zero-order valence-corrected chi connectivity index (χ0v) is 6.55. The molecule has 0 radical (unpaired) electrons. The van der Waals surface area contributed by atoms with Gasteiger partial charge in [-0.25, -0.2) is 0 Å². The number of ether oxygens (including phenoxy) is 2. The van der Waals surface area contributed by atoms with Gasteiger partial charge < -0.3 is 9.47 Å². The second kappa shape index (κ2) is 6.71. The molecule has 0 rings (SSSR count). The molecule has 0 aliphatic rings. The summed E-state index contributed by atoms with van der Waals surface area (Å²) in [4.78, 5) is 10.6. The van der Waals surface area contributed by atoms with Crippen molar-refractivity contribution in [3.05, 3.63) is 0 Å². The van der Waals surface area contributed by atoms with Crippen LogP contribution in [0.2, 0.25) is 0 Å². The van der Waals surface area contributed by atoms with Gasteiger partial charge in [0.2, 0.25) is 0 Å². The fourth-order valence-corrected chi connectivity index (χ4v) is 0.430. The van der Waals surface area contributed by atoms with Crippen molar-refractivity contribution in [1.29, 1.82) is 0 Å². The van der Waals surface area contributed by atoms with Gasteiger partial charge in [0.05, 0.1) is 13.2 Å². The summed E-state index contributed by atoms with van der Waals surface area (Å²) in [6, 6.07) is 0. The van der Waals surface area contributed by atoms with Crippen molar-refractivity contribution in [3.63, 3.8) is 0 Å². The van der Waals surface area contributed by atoms with Gasteiger partial charge in [-0.2, -0.15) is 0 Å². The number of carbonyl (C=O) groups is 1. The highest BCUT2D eigenvalue weighted by molar-refractivity contribution is 5.79. The lowest BCUT2D eigenvalue weighted by Gasteiger charge is -1.99. The molecule has 0 spiro atoms. The van der Waals surface area contributed by atoms with E-state index in [2.05, 4.69) is 0 Å². The first-order valence-electron chi connectivity index (χ1n) is 3.39. The topological polar surface area (TPSA) is 35.5 Å². The van der Waals surface area contributed by atoms with E-state index in [4.69, 9.17) is 9.47 Å². The average molecular weight is 146 g/mol. The first-order valence-corrected chi connectivity index (χ1v) is 3.39. The monoisotopic (exact) mass is 146 g/mol. The molecule has 0 heterocycles. The van der Waals surface area contributed by atoms with Crippen molar-refractivity contribution < 1.29 is 14.3 Å². The van der Waals surface area contributed by atoms with Crippen LogP contribution in [0.15, 0.2) is 0 Å². The standard InChI is InChI=1S/C7H14O3/c1-3-7(8)6-10-5-4-9-2/h3-6H2,1-2H3. The van der Waals surface area contributed by atoms with Crippen molar-refractivity contribution in [1.82, 2.24) is 0 Å². The molecule has 0 atom stereocenters. The Morgan fingerprint density at radius 1 is 1.40 bits per heavy atom. The summed E-state index contributed by atoms with van der Waals surface area (Å²) in [6.45, 7) is 3.10. The number of Topliss-reactive ketones (excluding diaryl/α,β-unsaturated/α-hetero) is 1. The first kappa shape index (κ1) is 9.59. The highest BCUT2D eigenvalue weighted by Crippen LogP contribution is 1.82. The summed E-state index contributed by atoms with van der Waals surface area (Å²) in [7, 11) is 1.60. The Kier molecular flexibility index (Phi) is 6.43. The maximum Gasteiger partial charge on any atom is 0.158 e. The minimum atomic E-state index is 0.135. The zero-order chi connectivity index (χ0) is 7.82. The molecule has 0 aliphatic carbocycles. The molecular weight excluding hydrogens is 132 g/mol. The number of hydrogen-bond donors (Lipinski definition) is 0. The van der Waals surface area contributed by atoms with Crippen molar-refractivity contribution in [2.75, 3.05) is 26.9 Å². The molecule has 0 unspecified atom stereocenters. The van der Waals surface area contributed by atoms with E-state index in [9.17, 15) is 4.79 Å². The van der Waals surface area contributed by atoms with Crippen molar-refractivity contribution in [2.24, 2.45) is 0 Å². The molecule has 0 aromatic rings. The Labute approximate surface area is 61.3 Å². The Bertz CT molecular complexity index is 90.9. The minimum absolute atomic E-state index is 0.135. The van der Waals surface area contributed by atoms with Gasteiger partial charge in [0.1, 0.15) is 6.61 Å². The third-order valence-electron chi connectivity index (χ3n) is 1.09. The summed E-state index contributed by atoms with van der Waals surface area (Å²) in [6.07, 6.45) is 0.549. The predicted octanol–water partition coefficient (Wildman–Crippen LogP) is 0.629. The molecule has 60 valence electrons. The molecule has 0 aromatic heterocycles. The highest BCUT2D eigenvalue weighted by Gasteiger charge is 1.95. The van der Waals surface area contributed by atoms with Gasteiger partial charge in [-0.1, -0.05) is 6.92 Å². The molecule has 10 heavy (non-hydrogen) atoms. The summed E-state index contributed by atoms with van der Waals surface area (Å²) < 4.78 is 9.67. The van der Waals surface area contributed by atoms with E-state index < -0.39 is 0 Å². The van der Waals surface area contributed by atoms with E-state index in [1.807, 2.05) is 6.92 Å². The van der Waals surface area contributed by atoms with Gasteiger partial charge in [-0.15, -0.1) is 0 Å². The van der Waals surface area contributed by atoms with E-state index in [0.29, 0.717) is 19.6 Å². The van der Waals surface area contributed by atoms with Crippen LogP contribution in [-0.2, 0) is 14.3 Å². The van der Waals surface area contributed by atoms with Crippen LogP contribution in [-0.4, -0.2) is 32.7 Å². The summed E-state index contributed by atoms with van der Waals surface area (Å²) in [5.74, 6) is 0.135. The number of hydrogen-bond acceptors (Lipinski definition) is 3. The van der Waals surface area contributed by atoms with E-state index in [1.54, 1.807) is 7.11 Å². The molecule has 0 N–H and O–H groups in total. The number of rotatable bonds is 6. The third-order valence-corrected chi connectivity index (χ3v) is 1.09. The maximum atomic E-state index is 10.6. The van der Waals surface area contributed by atoms with Crippen molar-refractivity contribution in [2.45, 2.75) is 13.3 Å². The molecule has 0 aromatic carbocycles. The molecule has 0 aliphatic heterocycles. The van der Waals surface area contributed by atoms with Gasteiger partial charge in [0, 0.05) is 13.5 Å². The SMILES string of the molecule is CCC(=O)COCCOC. The van der Waals surface area contributed by atoms with Gasteiger partial charge >= 0.3 is 0 Å². The summed E-state index contributed by atoms with van der Waals surface area (Å²) >= 11 is 0. The molecule has 0 amide bonds. The third kappa shape index (κ3) is 5.72. The normalized spacial score (nSPS) is 9.80. The van der Waals surface area contributed by atoms with Crippen LogP contribution < -0.4 is 0 Å². The number of carbonyl (C=O) groups excluding carboxylic acids is 1. The quantitative estimate of drug-likeness (QED) is 0.515. The molecule has 3 heteroatoms. The number of ketones is 1. The predicted molar refractivity (Wildman–Crippen MR) is 38.0 cm³/mol. The smallest absolute Gasteiger partial charge is 0.158 e. The first-order chi connectivity index (χ1) is 4.81. The van der Waals surface area contributed by atoms with Crippen molar-refractivity contribution in [3.8, 4) is 0 Å². The zero-order valence-electron chi connectivity index (χ0n) is 6.55. The maximum absolute atomic E-state index is 10.6. The lowest BCUT2D eigenvalue weighted by Crippen LogP contribution is -2.10. The van der Waals surface area contributed by atoms with E-state index in [1.165, 1.54) is 0 Å². The Hall–Kier alpha value is -0.410. The van der Waals surface area contributed by atoms with Gasteiger partial charge in [-0.05, 0) is 0 Å². The highest BCUT2D eigenvalue weighted by atomic mass is 16.5. The Balaban J connectivity index is 2.96. The minimum Gasteiger partial charge on any atom is -0.382 e. The lowest BCUT2D eigenvalue weighted by atomic mass is 10.3.